The summed E-state index contributed by atoms with van der Waals surface area (Å²) in [6.45, 7) is 1.53. The third-order valence-corrected chi connectivity index (χ3v) is 5.32. The first-order valence-electron chi connectivity index (χ1n) is 8.24. The molecule has 1 aliphatic carbocycles. The molecule has 0 radical (unpaired) electrons. The molecule has 1 amide bonds. The maximum absolute atomic E-state index is 12.3. The predicted octanol–water partition coefficient (Wildman–Crippen LogP) is 0.651. The second-order valence-electron chi connectivity index (χ2n) is 6.63. The molecule has 4 N–H and O–H groups in total. The number of primary sulfonamides is 1. The van der Waals surface area contributed by atoms with E-state index in [1.165, 1.54) is 6.07 Å². The summed E-state index contributed by atoms with van der Waals surface area (Å²) in [7, 11) is -3.65. The molecule has 140 valence electrons. The molecule has 8 nitrogen and oxygen atoms in total. The number of carbonyl (C=O) groups is 1. The quantitative estimate of drug-likeness (QED) is 0.670. The van der Waals surface area contributed by atoms with Gasteiger partial charge in [-0.2, -0.15) is 0 Å². The van der Waals surface area contributed by atoms with E-state index in [0.29, 0.717) is 18.6 Å². The van der Waals surface area contributed by atoms with Crippen LogP contribution in [0.25, 0.3) is 0 Å². The zero-order chi connectivity index (χ0) is 18.7. The van der Waals surface area contributed by atoms with E-state index in [4.69, 9.17) is 9.56 Å². The van der Waals surface area contributed by atoms with Crippen LogP contribution >= 0.6 is 0 Å². The van der Waals surface area contributed by atoms with E-state index < -0.39 is 26.6 Å². The lowest BCUT2D eigenvalue weighted by Gasteiger charge is -2.36. The number of carbonyl (C=O) groups excluding carboxylic acids is 1. The first-order valence-corrected chi connectivity index (χ1v) is 9.96. The highest BCUT2D eigenvalue weighted by atomic mass is 32.2. The molecule has 1 aromatic heterocycles. The lowest BCUT2D eigenvalue weighted by atomic mass is 9.69. The lowest BCUT2D eigenvalue weighted by Crippen LogP contribution is -2.39. The predicted molar refractivity (Wildman–Crippen MR) is 91.7 cm³/mol. The Morgan fingerprint density at radius 1 is 1.36 bits per heavy atom. The second kappa shape index (κ2) is 7.57. The smallest absolute Gasteiger partial charge is 0.227 e. The Morgan fingerprint density at radius 3 is 2.60 bits per heavy atom. The summed E-state index contributed by atoms with van der Waals surface area (Å²) in [4.78, 5) is 24.2. The van der Waals surface area contributed by atoms with Crippen LogP contribution in [0.1, 0.15) is 50.0 Å². The van der Waals surface area contributed by atoms with Gasteiger partial charge in [-0.3, -0.25) is 9.59 Å². The number of sulfonamides is 1. The van der Waals surface area contributed by atoms with E-state index >= 15 is 0 Å². The Morgan fingerprint density at radius 2 is 2.00 bits per heavy atom. The minimum Gasteiger partial charge on any atom is -0.502 e. The van der Waals surface area contributed by atoms with Crippen molar-refractivity contribution in [2.75, 3.05) is 12.3 Å². The van der Waals surface area contributed by atoms with Crippen LogP contribution in [0.15, 0.2) is 15.3 Å². The van der Waals surface area contributed by atoms with E-state index in [9.17, 15) is 23.1 Å². The molecule has 0 saturated heterocycles. The van der Waals surface area contributed by atoms with Gasteiger partial charge in [0, 0.05) is 24.4 Å². The van der Waals surface area contributed by atoms with Crippen molar-refractivity contribution in [1.82, 2.24) is 5.32 Å². The second-order valence-corrected chi connectivity index (χ2v) is 8.37. The Bertz CT molecular complexity index is 793. The number of rotatable bonds is 6. The van der Waals surface area contributed by atoms with Gasteiger partial charge in [0.2, 0.25) is 27.1 Å². The van der Waals surface area contributed by atoms with E-state index in [1.54, 1.807) is 6.92 Å². The molecule has 1 aromatic rings. The van der Waals surface area contributed by atoms with Crippen LogP contribution in [0.4, 0.5) is 0 Å². The van der Waals surface area contributed by atoms with Crippen LogP contribution in [0.5, 0.6) is 5.75 Å². The maximum atomic E-state index is 12.3. The molecular weight excluding hydrogens is 348 g/mol. The number of nitrogens with one attached hydrogen (secondary N) is 1. The number of aryl methyl sites for hydroxylation is 1. The van der Waals surface area contributed by atoms with Crippen LogP contribution in [0.2, 0.25) is 0 Å². The standard InChI is InChI=1S/C16H24N2O6S/c1-11-9-12(19)14(21)15(24-11)16(5-3-2-4-6-16)10-13(20)18-7-8-25(17,22)23/h9,21H,2-8,10H2,1H3,(H,18,20)(H2,17,22,23). The highest BCUT2D eigenvalue weighted by molar-refractivity contribution is 7.89. The average Bonchev–Trinajstić information content (AvgIpc) is 2.50. The van der Waals surface area contributed by atoms with Crippen LogP contribution < -0.4 is 15.9 Å². The van der Waals surface area contributed by atoms with E-state index in [1.807, 2.05) is 0 Å². The van der Waals surface area contributed by atoms with Crippen molar-refractivity contribution >= 4 is 15.9 Å². The number of hydrogen-bond acceptors (Lipinski definition) is 6. The molecule has 1 saturated carbocycles. The lowest BCUT2D eigenvalue weighted by molar-refractivity contribution is -0.122. The maximum Gasteiger partial charge on any atom is 0.227 e. The van der Waals surface area contributed by atoms with Gasteiger partial charge in [0.25, 0.3) is 0 Å². The summed E-state index contributed by atoms with van der Waals surface area (Å²) in [6.07, 6.45) is 3.93. The Labute approximate surface area is 146 Å². The minimum absolute atomic E-state index is 0.0115. The highest BCUT2D eigenvalue weighted by Gasteiger charge is 2.41. The third-order valence-electron chi connectivity index (χ3n) is 4.55. The van der Waals surface area contributed by atoms with Crippen molar-refractivity contribution in [2.45, 2.75) is 50.9 Å². The van der Waals surface area contributed by atoms with Gasteiger partial charge in [-0.25, -0.2) is 13.6 Å². The van der Waals surface area contributed by atoms with Gasteiger partial charge in [0.15, 0.2) is 5.76 Å². The molecular formula is C16H24N2O6S. The molecule has 0 bridgehead atoms. The van der Waals surface area contributed by atoms with Crippen molar-refractivity contribution in [1.29, 1.82) is 0 Å². The van der Waals surface area contributed by atoms with Gasteiger partial charge in [0.1, 0.15) is 5.76 Å². The zero-order valence-electron chi connectivity index (χ0n) is 14.2. The van der Waals surface area contributed by atoms with Gasteiger partial charge in [-0.15, -0.1) is 0 Å². The molecule has 1 heterocycles. The number of amides is 1. The molecule has 1 fully saturated rings. The normalized spacial score (nSPS) is 17.2. The van der Waals surface area contributed by atoms with Crippen LogP contribution in [0, 0.1) is 6.92 Å². The van der Waals surface area contributed by atoms with Gasteiger partial charge < -0.3 is 14.8 Å². The van der Waals surface area contributed by atoms with Gasteiger partial charge in [0.05, 0.1) is 5.75 Å². The van der Waals surface area contributed by atoms with Crippen molar-refractivity contribution in [2.24, 2.45) is 5.14 Å². The van der Waals surface area contributed by atoms with Crippen molar-refractivity contribution in [3.05, 3.63) is 27.8 Å². The fraction of sp³-hybridized carbons (Fsp3) is 0.625. The average molecular weight is 372 g/mol. The Hall–Kier alpha value is -1.87. The molecule has 0 atom stereocenters. The minimum atomic E-state index is -3.65. The van der Waals surface area contributed by atoms with Crippen molar-refractivity contribution in [3.8, 4) is 5.75 Å². The topological polar surface area (TPSA) is 140 Å². The SMILES string of the molecule is Cc1cc(=O)c(O)c(C2(CC(=O)NCCS(N)(=O)=O)CCCCC2)o1. The fourth-order valence-corrected chi connectivity index (χ4v) is 3.76. The summed E-state index contributed by atoms with van der Waals surface area (Å²) in [5.74, 6) is -0.647. The van der Waals surface area contributed by atoms with Gasteiger partial charge >= 0.3 is 0 Å². The number of aromatic hydroxyl groups is 1. The summed E-state index contributed by atoms with van der Waals surface area (Å²) in [5, 5.41) is 17.6. The summed E-state index contributed by atoms with van der Waals surface area (Å²) < 4.78 is 27.5. The molecule has 0 spiro atoms. The van der Waals surface area contributed by atoms with Crippen LogP contribution in [0.3, 0.4) is 0 Å². The number of hydrogen-bond donors (Lipinski definition) is 3. The Kier molecular flexibility index (Phi) is 5.89. The van der Waals surface area contributed by atoms with E-state index in [2.05, 4.69) is 5.32 Å². The molecule has 2 rings (SSSR count). The summed E-state index contributed by atoms with van der Waals surface area (Å²) >= 11 is 0. The van der Waals surface area contributed by atoms with E-state index in [-0.39, 0.29) is 30.4 Å². The van der Waals surface area contributed by atoms with Crippen LogP contribution in [-0.2, 0) is 20.2 Å². The zero-order valence-corrected chi connectivity index (χ0v) is 15.0. The first-order chi connectivity index (χ1) is 11.6. The molecule has 0 aromatic carbocycles. The molecule has 0 aliphatic heterocycles. The summed E-state index contributed by atoms with van der Waals surface area (Å²) in [6, 6.07) is 1.21. The molecule has 9 heteroatoms. The summed E-state index contributed by atoms with van der Waals surface area (Å²) in [5.41, 5.74) is -1.29. The third kappa shape index (κ3) is 5.05. The van der Waals surface area contributed by atoms with Crippen LogP contribution in [-0.4, -0.2) is 31.7 Å². The fourth-order valence-electron chi connectivity index (χ4n) is 3.38. The highest BCUT2D eigenvalue weighted by Crippen LogP contribution is 2.44. The Balaban J connectivity index is 2.24. The largest absolute Gasteiger partial charge is 0.502 e. The van der Waals surface area contributed by atoms with Crippen molar-refractivity contribution < 1.29 is 22.7 Å². The number of nitrogens with two attached hydrogens (primary N) is 1. The first kappa shape index (κ1) is 19.5. The monoisotopic (exact) mass is 372 g/mol. The van der Waals surface area contributed by atoms with Gasteiger partial charge in [-0.1, -0.05) is 19.3 Å². The molecule has 0 unspecified atom stereocenters. The molecule has 1 aliphatic rings. The van der Waals surface area contributed by atoms with Crippen molar-refractivity contribution in [3.63, 3.8) is 0 Å². The van der Waals surface area contributed by atoms with Gasteiger partial charge in [-0.05, 0) is 19.8 Å². The molecule has 25 heavy (non-hydrogen) atoms. The van der Waals surface area contributed by atoms with E-state index in [0.717, 1.165) is 19.3 Å².